The maximum absolute atomic E-state index is 12.6. The fraction of sp³-hybridized carbons (Fsp3) is 0.250. The van der Waals surface area contributed by atoms with E-state index < -0.39 is 29.7 Å². The maximum Gasteiger partial charge on any atom is 0.416 e. The van der Waals surface area contributed by atoms with Gasteiger partial charge in [-0.1, -0.05) is 6.07 Å². The number of ether oxygens (including phenoxy) is 1. The molecule has 0 aliphatic heterocycles. The number of carbonyl (C=O) groups excluding carboxylic acids is 2. The van der Waals surface area contributed by atoms with Crippen LogP contribution in [0, 0.1) is 6.92 Å². The molecule has 0 fully saturated rings. The summed E-state index contributed by atoms with van der Waals surface area (Å²) in [5.74, 6) is -0.478. The Labute approximate surface area is 173 Å². The van der Waals surface area contributed by atoms with Crippen LogP contribution >= 0.6 is 11.3 Å². The molecule has 0 aliphatic carbocycles. The number of esters is 1. The van der Waals surface area contributed by atoms with Crippen molar-refractivity contribution in [3.8, 4) is 10.8 Å². The lowest BCUT2D eigenvalue weighted by molar-refractivity contribution is -0.152. The number of hydrogen-bond donors (Lipinski definition) is 1. The number of aryl methyl sites for hydroxylation is 1. The lowest BCUT2D eigenvalue weighted by Crippen LogP contribution is -2.30. The molecule has 30 heavy (non-hydrogen) atoms. The highest BCUT2D eigenvalue weighted by molar-refractivity contribution is 7.13. The number of amides is 1. The van der Waals surface area contributed by atoms with E-state index in [9.17, 15) is 22.8 Å². The topological polar surface area (TPSA) is 81.4 Å². The van der Waals surface area contributed by atoms with Gasteiger partial charge >= 0.3 is 12.1 Å². The van der Waals surface area contributed by atoms with Crippen LogP contribution in [0.15, 0.2) is 46.2 Å². The predicted molar refractivity (Wildman–Crippen MR) is 104 cm³/mol. The third-order valence-corrected chi connectivity index (χ3v) is 4.95. The molecular formula is C20H17F3N2O4S. The molecule has 3 rings (SSSR count). The molecule has 1 N–H and O–H groups in total. The number of nitrogens with one attached hydrogen (secondary N) is 1. The van der Waals surface area contributed by atoms with Crippen molar-refractivity contribution in [2.24, 2.45) is 0 Å². The van der Waals surface area contributed by atoms with Gasteiger partial charge in [0.1, 0.15) is 5.76 Å². The number of oxazole rings is 1. The molecule has 1 unspecified atom stereocenters. The first kappa shape index (κ1) is 21.6. The van der Waals surface area contributed by atoms with Crippen LogP contribution in [0.25, 0.3) is 10.8 Å². The van der Waals surface area contributed by atoms with E-state index in [2.05, 4.69) is 10.3 Å². The van der Waals surface area contributed by atoms with Crippen LogP contribution in [0.2, 0.25) is 0 Å². The molecule has 10 heteroatoms. The molecule has 1 aromatic carbocycles. The number of anilines is 1. The van der Waals surface area contributed by atoms with Crippen molar-refractivity contribution in [3.63, 3.8) is 0 Å². The van der Waals surface area contributed by atoms with Gasteiger partial charge in [-0.15, -0.1) is 11.3 Å². The largest absolute Gasteiger partial charge is 0.452 e. The Balaban J connectivity index is 1.56. The Hall–Kier alpha value is -3.14. The highest BCUT2D eigenvalue weighted by atomic mass is 32.1. The number of rotatable bonds is 6. The first-order valence-electron chi connectivity index (χ1n) is 8.81. The summed E-state index contributed by atoms with van der Waals surface area (Å²) in [5, 5.41) is 4.28. The molecule has 1 amide bonds. The minimum Gasteiger partial charge on any atom is -0.452 e. The summed E-state index contributed by atoms with van der Waals surface area (Å²) < 4.78 is 48.4. The summed E-state index contributed by atoms with van der Waals surface area (Å²) in [6.45, 7) is 3.04. The Bertz CT molecular complexity index is 1030. The zero-order valence-corrected chi connectivity index (χ0v) is 16.8. The summed E-state index contributed by atoms with van der Waals surface area (Å²) in [6.07, 6.45) is -5.80. The summed E-state index contributed by atoms with van der Waals surface area (Å²) >= 11 is 1.45. The van der Waals surface area contributed by atoms with Crippen LogP contribution in [0.3, 0.4) is 0 Å². The lowest BCUT2D eigenvalue weighted by Gasteiger charge is -2.14. The fourth-order valence-electron chi connectivity index (χ4n) is 2.51. The van der Waals surface area contributed by atoms with E-state index in [1.165, 1.54) is 18.3 Å². The van der Waals surface area contributed by atoms with Crippen molar-refractivity contribution >= 4 is 28.9 Å². The van der Waals surface area contributed by atoms with Crippen LogP contribution in [-0.4, -0.2) is 23.0 Å². The first-order chi connectivity index (χ1) is 14.1. The normalized spacial score (nSPS) is 12.4. The van der Waals surface area contributed by atoms with Gasteiger partial charge in [-0.3, -0.25) is 9.59 Å². The second-order valence-corrected chi connectivity index (χ2v) is 7.32. The second kappa shape index (κ2) is 8.70. The third-order valence-electron chi connectivity index (χ3n) is 4.09. The van der Waals surface area contributed by atoms with E-state index in [4.69, 9.17) is 9.15 Å². The van der Waals surface area contributed by atoms with Crippen molar-refractivity contribution in [1.82, 2.24) is 4.98 Å². The molecule has 158 valence electrons. The van der Waals surface area contributed by atoms with Gasteiger partial charge in [-0.05, 0) is 49.6 Å². The molecular weight excluding hydrogens is 421 g/mol. The quantitative estimate of drug-likeness (QED) is 0.557. The average molecular weight is 438 g/mol. The van der Waals surface area contributed by atoms with E-state index in [-0.39, 0.29) is 12.1 Å². The van der Waals surface area contributed by atoms with Crippen LogP contribution in [0.1, 0.15) is 23.9 Å². The van der Waals surface area contributed by atoms with Crippen LogP contribution in [-0.2, 0) is 26.9 Å². The Morgan fingerprint density at radius 3 is 2.53 bits per heavy atom. The minimum absolute atomic E-state index is 0.156. The molecule has 3 aromatic rings. The van der Waals surface area contributed by atoms with E-state index in [1.807, 2.05) is 17.5 Å². The number of carbonyl (C=O) groups is 2. The van der Waals surface area contributed by atoms with Crippen LogP contribution in [0.5, 0.6) is 0 Å². The van der Waals surface area contributed by atoms with Crippen molar-refractivity contribution in [3.05, 3.63) is 58.8 Å². The van der Waals surface area contributed by atoms with Gasteiger partial charge < -0.3 is 14.5 Å². The fourth-order valence-corrected chi connectivity index (χ4v) is 3.16. The highest BCUT2D eigenvalue weighted by Gasteiger charge is 2.30. The second-order valence-electron chi connectivity index (χ2n) is 6.37. The third kappa shape index (κ3) is 5.26. The van der Waals surface area contributed by atoms with Gasteiger partial charge in [0.2, 0.25) is 5.89 Å². The molecule has 0 bridgehead atoms. The van der Waals surface area contributed by atoms with Crippen molar-refractivity contribution in [1.29, 1.82) is 0 Å². The van der Waals surface area contributed by atoms with Crippen molar-refractivity contribution in [2.45, 2.75) is 32.5 Å². The summed E-state index contributed by atoms with van der Waals surface area (Å²) in [4.78, 5) is 29.5. The predicted octanol–water partition coefficient (Wildman–Crippen LogP) is 4.84. The van der Waals surface area contributed by atoms with Gasteiger partial charge in [0.25, 0.3) is 5.91 Å². The molecule has 1 atom stereocenters. The Kier molecular flexibility index (Phi) is 6.25. The highest BCUT2D eigenvalue weighted by Crippen LogP contribution is 2.30. The Morgan fingerprint density at radius 1 is 1.23 bits per heavy atom. The molecule has 0 spiro atoms. The van der Waals surface area contributed by atoms with E-state index in [0.717, 1.165) is 29.1 Å². The number of thiophene rings is 1. The van der Waals surface area contributed by atoms with Gasteiger partial charge in [0.05, 0.1) is 22.6 Å². The smallest absolute Gasteiger partial charge is 0.416 e. The van der Waals surface area contributed by atoms with Gasteiger partial charge in [0.15, 0.2) is 6.10 Å². The van der Waals surface area contributed by atoms with Crippen molar-refractivity contribution in [2.75, 3.05) is 5.32 Å². The number of alkyl halides is 3. The molecule has 2 heterocycles. The molecule has 0 saturated heterocycles. The zero-order chi connectivity index (χ0) is 21.9. The van der Waals surface area contributed by atoms with E-state index >= 15 is 0 Å². The molecule has 6 nitrogen and oxygen atoms in total. The number of hydrogen-bond acceptors (Lipinski definition) is 6. The minimum atomic E-state index is -4.46. The van der Waals surface area contributed by atoms with E-state index in [0.29, 0.717) is 17.3 Å². The molecule has 0 saturated carbocycles. The summed E-state index contributed by atoms with van der Waals surface area (Å²) in [6, 6.07) is 7.64. The van der Waals surface area contributed by atoms with Gasteiger partial charge in [-0.2, -0.15) is 13.2 Å². The van der Waals surface area contributed by atoms with Crippen LogP contribution in [0.4, 0.5) is 18.9 Å². The number of benzene rings is 1. The maximum atomic E-state index is 12.6. The Morgan fingerprint density at radius 2 is 1.93 bits per heavy atom. The van der Waals surface area contributed by atoms with Gasteiger partial charge in [0, 0.05) is 5.69 Å². The van der Waals surface area contributed by atoms with Crippen LogP contribution < -0.4 is 5.32 Å². The SMILES string of the molecule is Cc1oc(-c2cccs2)nc1CC(=O)OC(C)C(=O)Nc1ccc(C(F)(F)F)cc1. The average Bonchev–Trinajstić information content (AvgIpc) is 3.31. The number of nitrogens with zero attached hydrogens (tertiary/aromatic N) is 1. The number of aromatic nitrogens is 1. The van der Waals surface area contributed by atoms with Gasteiger partial charge in [-0.25, -0.2) is 4.98 Å². The summed E-state index contributed by atoms with van der Waals surface area (Å²) in [5.41, 5.74) is -0.271. The molecule has 2 aromatic heterocycles. The standard InChI is InChI=1S/C20H17F3N2O4S/c1-11-15(25-19(29-11)16-4-3-9-30-16)10-17(26)28-12(2)18(27)24-14-7-5-13(6-8-14)20(21,22)23/h3-9,12H,10H2,1-2H3,(H,24,27). The van der Waals surface area contributed by atoms with Crippen molar-refractivity contribution < 1.29 is 31.9 Å². The molecule has 0 aliphatic rings. The molecule has 0 radical (unpaired) electrons. The number of halogens is 3. The lowest BCUT2D eigenvalue weighted by atomic mass is 10.2. The first-order valence-corrected chi connectivity index (χ1v) is 9.69. The van der Waals surface area contributed by atoms with E-state index in [1.54, 1.807) is 6.92 Å². The summed E-state index contributed by atoms with van der Waals surface area (Å²) in [7, 11) is 0. The zero-order valence-electron chi connectivity index (χ0n) is 15.9. The monoisotopic (exact) mass is 438 g/mol.